The summed E-state index contributed by atoms with van der Waals surface area (Å²) in [7, 11) is 0. The summed E-state index contributed by atoms with van der Waals surface area (Å²) in [5.41, 5.74) is 1.87. The summed E-state index contributed by atoms with van der Waals surface area (Å²) in [6.07, 6.45) is 4.41. The topological polar surface area (TPSA) is 29.1 Å². The first-order chi connectivity index (χ1) is 8.65. The number of hydrogen-bond donors (Lipinski definition) is 1. The van der Waals surface area contributed by atoms with E-state index >= 15 is 0 Å². The number of carbonyl (C=O) groups is 1. The molecule has 18 heavy (non-hydrogen) atoms. The summed E-state index contributed by atoms with van der Waals surface area (Å²) >= 11 is 6.07. The van der Waals surface area contributed by atoms with Crippen LogP contribution >= 0.6 is 11.6 Å². The number of hydrogen-bond acceptors (Lipinski definition) is 1. The predicted molar refractivity (Wildman–Crippen MR) is 75.1 cm³/mol. The van der Waals surface area contributed by atoms with Gasteiger partial charge in [0.15, 0.2) is 0 Å². The van der Waals surface area contributed by atoms with Crippen LogP contribution in [0.1, 0.15) is 41.6 Å². The second kappa shape index (κ2) is 6.24. The molecule has 1 aliphatic rings. The molecule has 1 amide bonds. The van der Waals surface area contributed by atoms with E-state index in [2.05, 4.69) is 5.32 Å². The molecule has 1 aromatic carbocycles. The monoisotopic (exact) mass is 265 g/mol. The maximum atomic E-state index is 12.0. The van der Waals surface area contributed by atoms with Crippen molar-refractivity contribution in [2.75, 3.05) is 6.54 Å². The highest BCUT2D eigenvalue weighted by Gasteiger charge is 2.19. The van der Waals surface area contributed by atoms with Gasteiger partial charge in [-0.15, -0.1) is 11.6 Å². The Labute approximate surface area is 114 Å². The first-order valence-electron chi connectivity index (χ1n) is 6.64. The molecule has 1 N–H and O–H groups in total. The minimum atomic E-state index is 0.0340. The average Bonchev–Trinajstić information content (AvgIpc) is 2.38. The number of benzene rings is 1. The Morgan fingerprint density at radius 2 is 2.06 bits per heavy atom. The van der Waals surface area contributed by atoms with Gasteiger partial charge in [-0.05, 0) is 50.7 Å². The Balaban J connectivity index is 1.81. The minimum absolute atomic E-state index is 0.0340. The molecule has 0 heterocycles. The SMILES string of the molecule is Cc1cccc(C(=O)NCC2CCC(Cl)CC2)c1. The molecule has 0 aliphatic heterocycles. The molecule has 2 rings (SSSR count). The lowest BCUT2D eigenvalue weighted by Gasteiger charge is -2.25. The van der Waals surface area contributed by atoms with Gasteiger partial charge >= 0.3 is 0 Å². The first-order valence-corrected chi connectivity index (χ1v) is 7.07. The van der Waals surface area contributed by atoms with E-state index in [1.807, 2.05) is 31.2 Å². The van der Waals surface area contributed by atoms with Crippen LogP contribution in [0.5, 0.6) is 0 Å². The number of nitrogens with one attached hydrogen (secondary N) is 1. The van der Waals surface area contributed by atoms with Crippen molar-refractivity contribution >= 4 is 17.5 Å². The Morgan fingerprint density at radius 3 is 2.72 bits per heavy atom. The average molecular weight is 266 g/mol. The molecule has 0 atom stereocenters. The molecule has 1 saturated carbocycles. The van der Waals surface area contributed by atoms with E-state index in [4.69, 9.17) is 11.6 Å². The molecule has 2 nitrogen and oxygen atoms in total. The normalized spacial score (nSPS) is 23.7. The lowest BCUT2D eigenvalue weighted by molar-refractivity contribution is 0.0943. The highest BCUT2D eigenvalue weighted by molar-refractivity contribution is 6.20. The number of alkyl halides is 1. The molecule has 0 aromatic heterocycles. The first kappa shape index (κ1) is 13.4. The van der Waals surface area contributed by atoms with Gasteiger partial charge in [0, 0.05) is 17.5 Å². The predicted octanol–water partition coefficient (Wildman–Crippen LogP) is 3.52. The maximum Gasteiger partial charge on any atom is 0.251 e. The number of rotatable bonds is 3. The van der Waals surface area contributed by atoms with Crippen molar-refractivity contribution in [3.8, 4) is 0 Å². The molecular formula is C15H20ClNO. The fourth-order valence-electron chi connectivity index (χ4n) is 2.45. The Bertz CT molecular complexity index is 411. The van der Waals surface area contributed by atoms with Crippen LogP contribution in [0, 0.1) is 12.8 Å². The number of amides is 1. The van der Waals surface area contributed by atoms with Crippen LogP contribution in [0.15, 0.2) is 24.3 Å². The molecule has 0 radical (unpaired) electrons. The van der Waals surface area contributed by atoms with Crippen molar-refractivity contribution in [2.24, 2.45) is 5.92 Å². The highest BCUT2D eigenvalue weighted by Crippen LogP contribution is 2.26. The molecule has 1 fully saturated rings. The third kappa shape index (κ3) is 3.74. The van der Waals surface area contributed by atoms with Crippen LogP contribution in [0.3, 0.4) is 0 Å². The van der Waals surface area contributed by atoms with Crippen molar-refractivity contribution in [1.29, 1.82) is 0 Å². The molecule has 0 spiro atoms. The second-order valence-electron chi connectivity index (χ2n) is 5.20. The fourth-order valence-corrected chi connectivity index (χ4v) is 2.70. The zero-order chi connectivity index (χ0) is 13.0. The molecule has 0 saturated heterocycles. The molecular weight excluding hydrogens is 246 g/mol. The van der Waals surface area contributed by atoms with Crippen LogP contribution in [-0.4, -0.2) is 17.8 Å². The summed E-state index contributed by atoms with van der Waals surface area (Å²) in [6.45, 7) is 2.77. The quantitative estimate of drug-likeness (QED) is 0.833. The van der Waals surface area contributed by atoms with Gasteiger partial charge in [0.2, 0.25) is 0 Å². The van der Waals surface area contributed by atoms with E-state index in [1.54, 1.807) is 0 Å². The van der Waals surface area contributed by atoms with E-state index in [1.165, 1.54) is 0 Å². The molecule has 0 bridgehead atoms. The summed E-state index contributed by atoms with van der Waals surface area (Å²) in [5, 5.41) is 3.37. The van der Waals surface area contributed by atoms with Crippen molar-refractivity contribution in [2.45, 2.75) is 38.0 Å². The van der Waals surface area contributed by atoms with E-state index in [0.29, 0.717) is 11.3 Å². The largest absolute Gasteiger partial charge is 0.352 e. The molecule has 1 aliphatic carbocycles. The molecule has 0 unspecified atom stereocenters. The summed E-state index contributed by atoms with van der Waals surface area (Å²) in [5.74, 6) is 0.625. The number of halogens is 1. The van der Waals surface area contributed by atoms with Crippen LogP contribution in [0.25, 0.3) is 0 Å². The van der Waals surface area contributed by atoms with E-state index < -0.39 is 0 Å². The summed E-state index contributed by atoms with van der Waals surface area (Å²) < 4.78 is 0. The van der Waals surface area contributed by atoms with Crippen LogP contribution in [-0.2, 0) is 0 Å². The summed E-state index contributed by atoms with van der Waals surface area (Å²) in [6, 6.07) is 7.70. The van der Waals surface area contributed by atoms with Gasteiger partial charge in [-0.3, -0.25) is 4.79 Å². The van der Waals surface area contributed by atoms with Gasteiger partial charge in [0.1, 0.15) is 0 Å². The number of aryl methyl sites for hydroxylation is 1. The van der Waals surface area contributed by atoms with E-state index in [9.17, 15) is 4.79 Å². The lowest BCUT2D eigenvalue weighted by atomic mass is 9.89. The van der Waals surface area contributed by atoms with E-state index in [0.717, 1.165) is 43.4 Å². The molecule has 3 heteroatoms. The minimum Gasteiger partial charge on any atom is -0.352 e. The fraction of sp³-hybridized carbons (Fsp3) is 0.533. The van der Waals surface area contributed by atoms with Gasteiger partial charge in [0.05, 0.1) is 0 Å². The van der Waals surface area contributed by atoms with Crippen LogP contribution < -0.4 is 5.32 Å². The van der Waals surface area contributed by atoms with Gasteiger partial charge in [-0.1, -0.05) is 17.7 Å². The van der Waals surface area contributed by atoms with Gasteiger partial charge in [-0.2, -0.15) is 0 Å². The molecule has 1 aromatic rings. The Morgan fingerprint density at radius 1 is 1.33 bits per heavy atom. The van der Waals surface area contributed by atoms with Gasteiger partial charge in [-0.25, -0.2) is 0 Å². The molecule has 98 valence electrons. The number of carbonyl (C=O) groups excluding carboxylic acids is 1. The standard InChI is InChI=1S/C15H20ClNO/c1-11-3-2-4-13(9-11)15(18)17-10-12-5-7-14(16)8-6-12/h2-4,9,12,14H,5-8,10H2,1H3,(H,17,18). The van der Waals surface area contributed by atoms with E-state index in [-0.39, 0.29) is 5.91 Å². The van der Waals surface area contributed by atoms with Gasteiger partial charge < -0.3 is 5.32 Å². The Kier molecular flexibility index (Phi) is 4.65. The zero-order valence-electron chi connectivity index (χ0n) is 10.8. The Hall–Kier alpha value is -1.02. The van der Waals surface area contributed by atoms with Gasteiger partial charge in [0.25, 0.3) is 5.91 Å². The van der Waals surface area contributed by atoms with Crippen molar-refractivity contribution < 1.29 is 4.79 Å². The summed E-state index contributed by atoms with van der Waals surface area (Å²) in [4.78, 5) is 12.0. The van der Waals surface area contributed by atoms with Crippen LogP contribution in [0.4, 0.5) is 0 Å². The smallest absolute Gasteiger partial charge is 0.251 e. The third-order valence-corrected chi connectivity index (χ3v) is 4.04. The zero-order valence-corrected chi connectivity index (χ0v) is 11.5. The van der Waals surface area contributed by atoms with Crippen LogP contribution in [0.2, 0.25) is 0 Å². The van der Waals surface area contributed by atoms with Crippen molar-refractivity contribution in [3.63, 3.8) is 0 Å². The second-order valence-corrected chi connectivity index (χ2v) is 5.81. The van der Waals surface area contributed by atoms with Crippen molar-refractivity contribution in [1.82, 2.24) is 5.32 Å². The third-order valence-electron chi connectivity index (χ3n) is 3.61. The van der Waals surface area contributed by atoms with Crippen molar-refractivity contribution in [3.05, 3.63) is 35.4 Å². The lowest BCUT2D eigenvalue weighted by Crippen LogP contribution is -2.31. The highest BCUT2D eigenvalue weighted by atomic mass is 35.5. The maximum absolute atomic E-state index is 12.0.